The van der Waals surface area contributed by atoms with Gasteiger partial charge in [-0.25, -0.2) is 4.79 Å². The van der Waals surface area contributed by atoms with E-state index in [0.29, 0.717) is 11.3 Å². The van der Waals surface area contributed by atoms with Crippen molar-refractivity contribution in [3.05, 3.63) is 29.8 Å². The first-order chi connectivity index (χ1) is 8.17. The molecule has 0 aromatic heterocycles. The highest BCUT2D eigenvalue weighted by molar-refractivity contribution is 5.89. The van der Waals surface area contributed by atoms with E-state index in [4.69, 9.17) is 14.6 Å². The van der Waals surface area contributed by atoms with Gasteiger partial charge in [0.15, 0.2) is 6.29 Å². The Morgan fingerprint density at radius 1 is 1.35 bits per heavy atom. The molecule has 0 aliphatic heterocycles. The molecule has 1 unspecified atom stereocenters. The molecule has 1 atom stereocenters. The number of benzene rings is 1. The van der Waals surface area contributed by atoms with E-state index in [2.05, 4.69) is 4.74 Å². The molecule has 0 fully saturated rings. The Balaban J connectivity index is 2.53. The van der Waals surface area contributed by atoms with Gasteiger partial charge in [-0.15, -0.1) is 0 Å². The molecule has 1 aromatic carbocycles. The standard InChI is InChI=1S/C12H16O5/c1-9(16-8-7-13)17-11-5-3-10(4-6-11)12(14)15-2/h3-6,9,13H,7-8H2,1-2H3. The van der Waals surface area contributed by atoms with E-state index < -0.39 is 6.29 Å². The summed E-state index contributed by atoms with van der Waals surface area (Å²) in [4.78, 5) is 11.2. The van der Waals surface area contributed by atoms with Crippen molar-refractivity contribution in [2.75, 3.05) is 20.3 Å². The summed E-state index contributed by atoms with van der Waals surface area (Å²) >= 11 is 0. The molecule has 1 rings (SSSR count). The van der Waals surface area contributed by atoms with Gasteiger partial charge in [-0.1, -0.05) is 0 Å². The maximum absolute atomic E-state index is 11.2. The number of carbonyl (C=O) groups is 1. The quantitative estimate of drug-likeness (QED) is 0.598. The second-order valence-electron chi connectivity index (χ2n) is 3.30. The third-order valence-electron chi connectivity index (χ3n) is 2.02. The molecule has 1 aromatic rings. The molecule has 0 radical (unpaired) electrons. The number of carbonyl (C=O) groups excluding carboxylic acids is 1. The van der Waals surface area contributed by atoms with E-state index in [9.17, 15) is 4.79 Å². The monoisotopic (exact) mass is 240 g/mol. The van der Waals surface area contributed by atoms with Crippen LogP contribution in [-0.4, -0.2) is 37.7 Å². The van der Waals surface area contributed by atoms with Crippen LogP contribution < -0.4 is 4.74 Å². The van der Waals surface area contributed by atoms with Crippen molar-refractivity contribution in [3.63, 3.8) is 0 Å². The minimum Gasteiger partial charge on any atom is -0.465 e. The first-order valence-electron chi connectivity index (χ1n) is 5.25. The zero-order valence-corrected chi connectivity index (χ0v) is 9.88. The van der Waals surface area contributed by atoms with Crippen LogP contribution in [-0.2, 0) is 9.47 Å². The Morgan fingerprint density at radius 2 is 2.00 bits per heavy atom. The van der Waals surface area contributed by atoms with Gasteiger partial charge in [0.2, 0.25) is 0 Å². The molecule has 0 amide bonds. The molecule has 5 heteroatoms. The molecular weight excluding hydrogens is 224 g/mol. The predicted molar refractivity (Wildman–Crippen MR) is 60.9 cm³/mol. The SMILES string of the molecule is COC(=O)c1ccc(OC(C)OCCO)cc1. The van der Waals surface area contributed by atoms with Crippen LogP contribution in [0.5, 0.6) is 5.75 Å². The van der Waals surface area contributed by atoms with Gasteiger partial charge in [-0.05, 0) is 31.2 Å². The highest BCUT2D eigenvalue weighted by Crippen LogP contribution is 2.14. The van der Waals surface area contributed by atoms with Gasteiger partial charge < -0.3 is 19.3 Å². The van der Waals surface area contributed by atoms with E-state index in [1.807, 2.05) is 0 Å². The lowest BCUT2D eigenvalue weighted by atomic mass is 10.2. The van der Waals surface area contributed by atoms with Crippen LogP contribution in [0.4, 0.5) is 0 Å². The van der Waals surface area contributed by atoms with E-state index in [1.54, 1.807) is 31.2 Å². The van der Waals surface area contributed by atoms with Gasteiger partial charge in [0.05, 0.1) is 25.9 Å². The number of hydrogen-bond donors (Lipinski definition) is 1. The Bertz CT molecular complexity index is 346. The summed E-state index contributed by atoms with van der Waals surface area (Å²) in [5.41, 5.74) is 0.462. The summed E-state index contributed by atoms with van der Waals surface area (Å²) < 4.78 is 15.1. The van der Waals surface area contributed by atoms with Crippen LogP contribution in [0.25, 0.3) is 0 Å². The van der Waals surface area contributed by atoms with Gasteiger partial charge in [0.1, 0.15) is 5.75 Å². The fraction of sp³-hybridized carbons (Fsp3) is 0.417. The van der Waals surface area contributed by atoms with Gasteiger partial charge >= 0.3 is 5.97 Å². The minimum absolute atomic E-state index is 0.0466. The van der Waals surface area contributed by atoms with E-state index in [1.165, 1.54) is 7.11 Å². The lowest BCUT2D eigenvalue weighted by molar-refractivity contribution is -0.0760. The number of ether oxygens (including phenoxy) is 3. The van der Waals surface area contributed by atoms with Crippen molar-refractivity contribution in [1.29, 1.82) is 0 Å². The summed E-state index contributed by atoms with van der Waals surface area (Å²) in [6.07, 6.45) is -0.453. The van der Waals surface area contributed by atoms with Crippen molar-refractivity contribution in [3.8, 4) is 5.75 Å². The summed E-state index contributed by atoms with van der Waals surface area (Å²) in [7, 11) is 1.33. The Hall–Kier alpha value is -1.59. The molecule has 0 aliphatic carbocycles. The average molecular weight is 240 g/mol. The van der Waals surface area contributed by atoms with Crippen LogP contribution >= 0.6 is 0 Å². The summed E-state index contributed by atoms with van der Waals surface area (Å²) in [6.45, 7) is 1.90. The Labute approximate surface area is 99.9 Å². The fourth-order valence-corrected chi connectivity index (χ4v) is 1.23. The molecule has 0 heterocycles. The molecule has 94 valence electrons. The van der Waals surface area contributed by atoms with E-state index in [0.717, 1.165) is 0 Å². The van der Waals surface area contributed by atoms with Crippen molar-refractivity contribution >= 4 is 5.97 Å². The third kappa shape index (κ3) is 4.42. The van der Waals surface area contributed by atoms with E-state index in [-0.39, 0.29) is 19.2 Å². The van der Waals surface area contributed by atoms with Crippen molar-refractivity contribution in [1.82, 2.24) is 0 Å². The van der Waals surface area contributed by atoms with Crippen molar-refractivity contribution < 1.29 is 24.1 Å². The highest BCUT2D eigenvalue weighted by atomic mass is 16.7. The zero-order chi connectivity index (χ0) is 12.7. The molecule has 17 heavy (non-hydrogen) atoms. The number of methoxy groups -OCH3 is 1. The second kappa shape index (κ2) is 6.88. The third-order valence-corrected chi connectivity index (χ3v) is 2.02. The predicted octanol–water partition coefficient (Wildman–Crippen LogP) is 1.21. The Kier molecular flexibility index (Phi) is 5.45. The van der Waals surface area contributed by atoms with Crippen LogP contribution in [0.3, 0.4) is 0 Å². The lowest BCUT2D eigenvalue weighted by Gasteiger charge is -2.14. The average Bonchev–Trinajstić information content (AvgIpc) is 2.36. The first-order valence-corrected chi connectivity index (χ1v) is 5.25. The molecule has 1 N–H and O–H groups in total. The zero-order valence-electron chi connectivity index (χ0n) is 9.88. The summed E-state index contributed by atoms with van der Waals surface area (Å²) in [5, 5.41) is 8.57. The molecule has 0 bridgehead atoms. The van der Waals surface area contributed by atoms with E-state index >= 15 is 0 Å². The number of aliphatic hydroxyl groups is 1. The van der Waals surface area contributed by atoms with Crippen LogP contribution in [0.2, 0.25) is 0 Å². The number of esters is 1. The van der Waals surface area contributed by atoms with Gasteiger partial charge in [-0.2, -0.15) is 0 Å². The maximum Gasteiger partial charge on any atom is 0.337 e. The van der Waals surface area contributed by atoms with Gasteiger partial charge in [0.25, 0.3) is 0 Å². The van der Waals surface area contributed by atoms with Crippen molar-refractivity contribution in [2.45, 2.75) is 13.2 Å². The number of hydrogen-bond acceptors (Lipinski definition) is 5. The van der Waals surface area contributed by atoms with Crippen LogP contribution in [0.1, 0.15) is 17.3 Å². The Morgan fingerprint density at radius 3 is 2.53 bits per heavy atom. The largest absolute Gasteiger partial charge is 0.465 e. The smallest absolute Gasteiger partial charge is 0.337 e. The normalized spacial score (nSPS) is 11.9. The van der Waals surface area contributed by atoms with Gasteiger partial charge in [0, 0.05) is 0 Å². The lowest BCUT2D eigenvalue weighted by Crippen LogP contribution is -2.18. The molecular formula is C12H16O5. The van der Waals surface area contributed by atoms with Crippen LogP contribution in [0, 0.1) is 0 Å². The number of rotatable bonds is 6. The molecule has 5 nitrogen and oxygen atoms in total. The molecule has 0 saturated heterocycles. The summed E-state index contributed by atoms with van der Waals surface area (Å²) in [6, 6.07) is 6.54. The van der Waals surface area contributed by atoms with Crippen molar-refractivity contribution in [2.24, 2.45) is 0 Å². The molecule has 0 aliphatic rings. The summed E-state index contributed by atoms with van der Waals surface area (Å²) in [5.74, 6) is 0.198. The fourth-order valence-electron chi connectivity index (χ4n) is 1.23. The van der Waals surface area contributed by atoms with Gasteiger partial charge in [-0.3, -0.25) is 0 Å². The second-order valence-corrected chi connectivity index (χ2v) is 3.30. The maximum atomic E-state index is 11.2. The minimum atomic E-state index is -0.453. The molecule has 0 spiro atoms. The topological polar surface area (TPSA) is 65.0 Å². The highest BCUT2D eigenvalue weighted by Gasteiger charge is 2.07. The number of aliphatic hydroxyl groups excluding tert-OH is 1. The van der Waals surface area contributed by atoms with Crippen LogP contribution in [0.15, 0.2) is 24.3 Å². The first kappa shape index (κ1) is 13.5. The molecule has 0 saturated carbocycles.